The van der Waals surface area contributed by atoms with Crippen molar-refractivity contribution in [1.82, 2.24) is 4.90 Å². The summed E-state index contributed by atoms with van der Waals surface area (Å²) in [5.74, 6) is 1.65. The van der Waals surface area contributed by atoms with Gasteiger partial charge in [-0.25, -0.2) is 0 Å². The second-order valence-electron chi connectivity index (χ2n) is 4.88. The maximum Gasteiger partial charge on any atom is 0.226 e. The van der Waals surface area contributed by atoms with Crippen LogP contribution < -0.4 is 0 Å². The van der Waals surface area contributed by atoms with E-state index in [1.165, 1.54) is 6.42 Å². The second kappa shape index (κ2) is 5.00. The highest BCUT2D eigenvalue weighted by molar-refractivity contribution is 5.80. The van der Waals surface area contributed by atoms with Crippen molar-refractivity contribution in [1.29, 1.82) is 0 Å². The molecule has 0 saturated heterocycles. The van der Waals surface area contributed by atoms with Crippen LogP contribution in [0.25, 0.3) is 0 Å². The van der Waals surface area contributed by atoms with Crippen LogP contribution in [0.3, 0.4) is 0 Å². The number of aliphatic hydroxyl groups excluding tert-OH is 1. The number of carbonyl (C=O) groups is 1. The molecule has 0 radical (unpaired) electrons. The maximum absolute atomic E-state index is 12.3. The minimum atomic E-state index is 0.167. The first-order chi connectivity index (χ1) is 7.76. The predicted molar refractivity (Wildman–Crippen MR) is 62.8 cm³/mol. The highest BCUT2D eigenvalue weighted by atomic mass is 16.3. The van der Waals surface area contributed by atoms with Crippen LogP contribution in [0.1, 0.15) is 26.2 Å². The average molecular weight is 223 g/mol. The third kappa shape index (κ3) is 2.14. The van der Waals surface area contributed by atoms with Gasteiger partial charge in [-0.2, -0.15) is 0 Å². The molecule has 1 fully saturated rings. The van der Waals surface area contributed by atoms with Gasteiger partial charge in [-0.3, -0.25) is 4.79 Å². The van der Waals surface area contributed by atoms with Gasteiger partial charge in [0.15, 0.2) is 0 Å². The van der Waals surface area contributed by atoms with Crippen molar-refractivity contribution in [3.8, 4) is 0 Å². The van der Waals surface area contributed by atoms with E-state index in [1.807, 2.05) is 11.8 Å². The molecule has 0 aliphatic heterocycles. The van der Waals surface area contributed by atoms with E-state index in [0.717, 1.165) is 13.0 Å². The fourth-order valence-corrected chi connectivity index (χ4v) is 2.98. The number of allylic oxidation sites excluding steroid dienone is 2. The van der Waals surface area contributed by atoms with Crippen molar-refractivity contribution in [2.45, 2.75) is 26.2 Å². The van der Waals surface area contributed by atoms with E-state index < -0.39 is 0 Å². The molecule has 1 saturated carbocycles. The molecular formula is C13H21NO2. The predicted octanol–water partition coefficient (Wildman–Crippen LogP) is 1.43. The fourth-order valence-electron chi connectivity index (χ4n) is 2.98. The van der Waals surface area contributed by atoms with E-state index in [0.29, 0.717) is 30.7 Å². The zero-order valence-electron chi connectivity index (χ0n) is 9.93. The Balaban J connectivity index is 1.93. The number of fused-ring (bicyclic) bond motifs is 2. The molecule has 3 nitrogen and oxygen atoms in total. The lowest BCUT2D eigenvalue weighted by molar-refractivity contribution is -0.136. The summed E-state index contributed by atoms with van der Waals surface area (Å²) in [7, 11) is 0. The highest BCUT2D eigenvalue weighted by Gasteiger charge is 2.40. The van der Waals surface area contributed by atoms with Gasteiger partial charge in [-0.15, -0.1) is 0 Å². The summed E-state index contributed by atoms with van der Waals surface area (Å²) >= 11 is 0. The number of aliphatic hydroxyl groups is 1. The zero-order chi connectivity index (χ0) is 11.5. The van der Waals surface area contributed by atoms with Gasteiger partial charge in [0.05, 0.1) is 0 Å². The monoisotopic (exact) mass is 223 g/mol. The molecular weight excluding hydrogens is 202 g/mol. The van der Waals surface area contributed by atoms with E-state index in [2.05, 4.69) is 12.2 Å². The SMILES string of the molecule is CCN(CCCO)C(=O)C1CC2C=CC1C2. The van der Waals surface area contributed by atoms with Crippen LogP contribution in [0.4, 0.5) is 0 Å². The van der Waals surface area contributed by atoms with E-state index in [9.17, 15) is 4.79 Å². The Morgan fingerprint density at radius 1 is 1.44 bits per heavy atom. The van der Waals surface area contributed by atoms with Crippen LogP contribution in [0.5, 0.6) is 0 Å². The first-order valence-electron chi connectivity index (χ1n) is 6.34. The lowest BCUT2D eigenvalue weighted by atomic mass is 9.92. The number of carbonyl (C=O) groups excluding carboxylic acids is 1. The quantitative estimate of drug-likeness (QED) is 0.716. The van der Waals surface area contributed by atoms with Gasteiger partial charge < -0.3 is 10.0 Å². The molecule has 2 bridgehead atoms. The van der Waals surface area contributed by atoms with Gasteiger partial charge in [-0.05, 0) is 38.0 Å². The van der Waals surface area contributed by atoms with Crippen molar-refractivity contribution in [2.75, 3.05) is 19.7 Å². The molecule has 1 amide bonds. The van der Waals surface area contributed by atoms with Crippen LogP contribution in [0.2, 0.25) is 0 Å². The summed E-state index contributed by atoms with van der Waals surface area (Å²) in [6.07, 6.45) is 7.38. The second-order valence-corrected chi connectivity index (χ2v) is 4.88. The van der Waals surface area contributed by atoms with E-state index in [-0.39, 0.29) is 12.5 Å². The van der Waals surface area contributed by atoms with Gasteiger partial charge in [0, 0.05) is 25.6 Å². The van der Waals surface area contributed by atoms with E-state index in [1.54, 1.807) is 0 Å². The Bertz CT molecular complexity index is 288. The van der Waals surface area contributed by atoms with Gasteiger partial charge in [-0.1, -0.05) is 12.2 Å². The van der Waals surface area contributed by atoms with E-state index >= 15 is 0 Å². The summed E-state index contributed by atoms with van der Waals surface area (Å²) in [5.41, 5.74) is 0. The standard InChI is InChI=1S/C13H21NO2/c1-2-14(6-3-7-15)13(16)12-9-10-4-5-11(12)8-10/h4-5,10-12,15H,2-3,6-9H2,1H3. The summed E-state index contributed by atoms with van der Waals surface area (Å²) in [6.45, 7) is 3.64. The molecule has 0 aromatic heterocycles. The van der Waals surface area contributed by atoms with Crippen LogP contribution in [0.15, 0.2) is 12.2 Å². The summed E-state index contributed by atoms with van der Waals surface area (Å²) in [4.78, 5) is 14.2. The van der Waals surface area contributed by atoms with Crippen LogP contribution in [-0.2, 0) is 4.79 Å². The first kappa shape index (κ1) is 11.6. The average Bonchev–Trinajstić information content (AvgIpc) is 2.91. The first-order valence-corrected chi connectivity index (χ1v) is 6.34. The third-order valence-electron chi connectivity index (χ3n) is 3.88. The number of hydrogen-bond acceptors (Lipinski definition) is 2. The molecule has 3 heteroatoms. The summed E-state index contributed by atoms with van der Waals surface area (Å²) < 4.78 is 0. The molecule has 16 heavy (non-hydrogen) atoms. The Labute approximate surface area is 97.1 Å². The zero-order valence-corrected chi connectivity index (χ0v) is 9.93. The van der Waals surface area contributed by atoms with Crippen molar-refractivity contribution in [3.63, 3.8) is 0 Å². The van der Waals surface area contributed by atoms with Crippen molar-refractivity contribution in [3.05, 3.63) is 12.2 Å². The Kier molecular flexibility index (Phi) is 3.64. The summed E-state index contributed by atoms with van der Waals surface area (Å²) in [5, 5.41) is 8.81. The largest absolute Gasteiger partial charge is 0.396 e. The number of amides is 1. The van der Waals surface area contributed by atoms with Gasteiger partial charge in [0.1, 0.15) is 0 Å². The minimum Gasteiger partial charge on any atom is -0.396 e. The Morgan fingerprint density at radius 2 is 2.25 bits per heavy atom. The van der Waals surface area contributed by atoms with Crippen LogP contribution in [0, 0.1) is 17.8 Å². The number of rotatable bonds is 5. The molecule has 0 spiro atoms. The molecule has 2 rings (SSSR count). The van der Waals surface area contributed by atoms with Crippen LogP contribution >= 0.6 is 0 Å². The lowest BCUT2D eigenvalue weighted by Crippen LogP contribution is -2.38. The Hall–Kier alpha value is -0.830. The number of hydrogen-bond donors (Lipinski definition) is 1. The topological polar surface area (TPSA) is 40.5 Å². The molecule has 0 aromatic rings. The molecule has 0 aromatic carbocycles. The molecule has 90 valence electrons. The van der Waals surface area contributed by atoms with Gasteiger partial charge in [0.25, 0.3) is 0 Å². The smallest absolute Gasteiger partial charge is 0.226 e. The lowest BCUT2D eigenvalue weighted by Gasteiger charge is -2.27. The van der Waals surface area contributed by atoms with Crippen molar-refractivity contribution < 1.29 is 9.90 Å². The fraction of sp³-hybridized carbons (Fsp3) is 0.769. The van der Waals surface area contributed by atoms with Crippen molar-refractivity contribution in [2.24, 2.45) is 17.8 Å². The molecule has 0 heterocycles. The molecule has 3 atom stereocenters. The van der Waals surface area contributed by atoms with E-state index in [4.69, 9.17) is 5.11 Å². The van der Waals surface area contributed by atoms with Crippen LogP contribution in [-0.4, -0.2) is 35.6 Å². The minimum absolute atomic E-state index is 0.167. The molecule has 1 N–H and O–H groups in total. The Morgan fingerprint density at radius 3 is 2.75 bits per heavy atom. The normalized spacial score (nSPS) is 31.0. The molecule has 2 aliphatic rings. The maximum atomic E-state index is 12.3. The molecule has 2 aliphatic carbocycles. The van der Waals surface area contributed by atoms with Gasteiger partial charge >= 0.3 is 0 Å². The van der Waals surface area contributed by atoms with Gasteiger partial charge in [0.2, 0.25) is 5.91 Å². The summed E-state index contributed by atoms with van der Waals surface area (Å²) in [6, 6.07) is 0. The highest BCUT2D eigenvalue weighted by Crippen LogP contribution is 2.44. The number of nitrogens with zero attached hydrogens (tertiary/aromatic N) is 1. The third-order valence-corrected chi connectivity index (χ3v) is 3.88. The van der Waals surface area contributed by atoms with Crippen molar-refractivity contribution >= 4 is 5.91 Å². The molecule has 3 unspecified atom stereocenters.